The fourth-order valence-corrected chi connectivity index (χ4v) is 1.54. The highest BCUT2D eigenvalue weighted by molar-refractivity contribution is 5.95. The molecule has 2 rings (SSSR count). The fourth-order valence-electron chi connectivity index (χ4n) is 1.54. The van der Waals surface area contributed by atoms with Gasteiger partial charge in [-0.15, -0.1) is 0 Å². The van der Waals surface area contributed by atoms with E-state index in [0.29, 0.717) is 11.6 Å². The Balaban J connectivity index is 2.59. The van der Waals surface area contributed by atoms with E-state index in [-0.39, 0.29) is 5.84 Å². The van der Waals surface area contributed by atoms with Crippen LogP contribution in [-0.4, -0.2) is 30.6 Å². The summed E-state index contributed by atoms with van der Waals surface area (Å²) in [6.07, 6.45) is 1.65. The van der Waals surface area contributed by atoms with Gasteiger partial charge < -0.3 is 10.9 Å². The summed E-state index contributed by atoms with van der Waals surface area (Å²) < 4.78 is 1.76. The number of oxime groups is 1. The summed E-state index contributed by atoms with van der Waals surface area (Å²) in [6, 6.07) is 1.65. The molecule has 2 heterocycles. The van der Waals surface area contributed by atoms with Crippen LogP contribution in [0.3, 0.4) is 0 Å². The van der Waals surface area contributed by atoms with Crippen LogP contribution in [0.1, 0.15) is 22.8 Å². The lowest BCUT2D eigenvalue weighted by molar-refractivity contribution is 0.318. The van der Waals surface area contributed by atoms with Crippen molar-refractivity contribution in [2.24, 2.45) is 10.9 Å². The predicted octanol–water partition coefficient (Wildman–Crippen LogP) is 0.682. The first kappa shape index (κ1) is 12.0. The molecule has 7 nitrogen and oxygen atoms in total. The zero-order valence-corrected chi connectivity index (χ0v) is 10.4. The van der Waals surface area contributed by atoms with E-state index in [1.54, 1.807) is 17.0 Å². The van der Waals surface area contributed by atoms with E-state index in [9.17, 15) is 0 Å². The van der Waals surface area contributed by atoms with Crippen molar-refractivity contribution in [3.8, 4) is 5.95 Å². The third-order valence-electron chi connectivity index (χ3n) is 2.68. The minimum absolute atomic E-state index is 0.0451. The van der Waals surface area contributed by atoms with Gasteiger partial charge in [0.05, 0.1) is 5.69 Å². The van der Waals surface area contributed by atoms with Crippen LogP contribution in [0.25, 0.3) is 5.95 Å². The predicted molar refractivity (Wildman–Crippen MR) is 65.9 cm³/mol. The third-order valence-corrected chi connectivity index (χ3v) is 2.68. The van der Waals surface area contributed by atoms with Crippen LogP contribution in [0.4, 0.5) is 0 Å². The second-order valence-electron chi connectivity index (χ2n) is 3.97. The van der Waals surface area contributed by atoms with E-state index in [2.05, 4.69) is 20.1 Å². The summed E-state index contributed by atoms with van der Waals surface area (Å²) in [5.41, 5.74) is 8.51. The molecule has 2 aromatic heterocycles. The molecule has 94 valence electrons. The van der Waals surface area contributed by atoms with Crippen LogP contribution in [0.2, 0.25) is 0 Å². The average Bonchev–Trinajstić information content (AvgIpc) is 2.68. The molecular weight excluding hydrogens is 232 g/mol. The standard InChI is InChI=1S/C11H14N6O/c1-6-4-9(10(12)16-18)15-11(14-6)17-5-13-7(2)8(17)3/h4-5,18H,1-3H3,(H2,12,16). The summed E-state index contributed by atoms with van der Waals surface area (Å²) in [5, 5.41) is 11.6. The molecule has 0 bridgehead atoms. The second kappa shape index (κ2) is 4.44. The Morgan fingerprint density at radius 2 is 2.06 bits per heavy atom. The monoisotopic (exact) mass is 246 g/mol. The van der Waals surface area contributed by atoms with Crippen LogP contribution in [-0.2, 0) is 0 Å². The van der Waals surface area contributed by atoms with E-state index >= 15 is 0 Å². The molecule has 18 heavy (non-hydrogen) atoms. The largest absolute Gasteiger partial charge is 0.409 e. The van der Waals surface area contributed by atoms with Gasteiger partial charge in [0.2, 0.25) is 5.95 Å². The Morgan fingerprint density at radius 3 is 2.61 bits per heavy atom. The fraction of sp³-hybridized carbons (Fsp3) is 0.273. The van der Waals surface area contributed by atoms with Gasteiger partial charge in [0.15, 0.2) is 5.84 Å². The number of aryl methyl sites for hydroxylation is 2. The normalized spacial score (nSPS) is 11.8. The Labute approximate surface area is 104 Å². The maximum Gasteiger partial charge on any atom is 0.236 e. The van der Waals surface area contributed by atoms with Gasteiger partial charge in [-0.3, -0.25) is 4.57 Å². The molecule has 0 amide bonds. The molecule has 0 fully saturated rings. The van der Waals surface area contributed by atoms with Gasteiger partial charge in [-0.25, -0.2) is 15.0 Å². The molecule has 0 aliphatic rings. The topological polar surface area (TPSA) is 102 Å². The molecular formula is C11H14N6O. The van der Waals surface area contributed by atoms with Gasteiger partial charge in [-0.05, 0) is 26.8 Å². The van der Waals surface area contributed by atoms with Crippen LogP contribution < -0.4 is 5.73 Å². The van der Waals surface area contributed by atoms with Crippen molar-refractivity contribution in [1.29, 1.82) is 0 Å². The molecule has 0 aliphatic heterocycles. The van der Waals surface area contributed by atoms with Crippen molar-refractivity contribution in [1.82, 2.24) is 19.5 Å². The van der Waals surface area contributed by atoms with Crippen molar-refractivity contribution in [3.63, 3.8) is 0 Å². The Bertz CT molecular complexity index is 616. The van der Waals surface area contributed by atoms with Crippen molar-refractivity contribution in [2.75, 3.05) is 0 Å². The Morgan fingerprint density at radius 1 is 1.33 bits per heavy atom. The van der Waals surface area contributed by atoms with Gasteiger partial charge in [-0.1, -0.05) is 5.16 Å². The number of amidine groups is 1. The minimum atomic E-state index is -0.0451. The number of aromatic nitrogens is 4. The van der Waals surface area contributed by atoms with Crippen LogP contribution in [0.15, 0.2) is 17.5 Å². The average molecular weight is 246 g/mol. The third kappa shape index (κ3) is 2.02. The molecule has 0 aromatic carbocycles. The number of hydrogen-bond acceptors (Lipinski definition) is 5. The van der Waals surface area contributed by atoms with Crippen LogP contribution in [0.5, 0.6) is 0 Å². The smallest absolute Gasteiger partial charge is 0.236 e. The molecule has 0 saturated carbocycles. The van der Waals surface area contributed by atoms with Gasteiger partial charge in [-0.2, -0.15) is 0 Å². The number of imidazole rings is 1. The number of rotatable bonds is 2. The molecule has 0 atom stereocenters. The van der Waals surface area contributed by atoms with Gasteiger partial charge >= 0.3 is 0 Å². The van der Waals surface area contributed by atoms with E-state index < -0.39 is 0 Å². The highest BCUT2D eigenvalue weighted by Gasteiger charge is 2.10. The Hall–Kier alpha value is -2.44. The molecule has 2 aromatic rings. The van der Waals surface area contributed by atoms with Crippen LogP contribution in [0, 0.1) is 20.8 Å². The number of nitrogens with zero attached hydrogens (tertiary/aromatic N) is 5. The minimum Gasteiger partial charge on any atom is -0.409 e. The Kier molecular flexibility index (Phi) is 2.97. The lowest BCUT2D eigenvalue weighted by Crippen LogP contribution is -2.17. The van der Waals surface area contributed by atoms with Gasteiger partial charge in [0, 0.05) is 11.4 Å². The SMILES string of the molecule is Cc1cc(/C(N)=N/O)nc(-n2cnc(C)c2C)n1. The second-order valence-corrected chi connectivity index (χ2v) is 3.97. The first-order valence-electron chi connectivity index (χ1n) is 5.37. The van der Waals surface area contributed by atoms with Crippen molar-refractivity contribution in [3.05, 3.63) is 35.2 Å². The van der Waals surface area contributed by atoms with Crippen LogP contribution >= 0.6 is 0 Å². The summed E-state index contributed by atoms with van der Waals surface area (Å²) in [4.78, 5) is 12.7. The van der Waals surface area contributed by atoms with Crippen molar-refractivity contribution >= 4 is 5.84 Å². The highest BCUT2D eigenvalue weighted by atomic mass is 16.4. The number of hydrogen-bond donors (Lipinski definition) is 2. The maximum absolute atomic E-state index is 8.68. The first-order valence-corrected chi connectivity index (χ1v) is 5.37. The lowest BCUT2D eigenvalue weighted by Gasteiger charge is -2.07. The molecule has 0 radical (unpaired) electrons. The van der Waals surface area contributed by atoms with Crippen molar-refractivity contribution < 1.29 is 5.21 Å². The summed E-state index contributed by atoms with van der Waals surface area (Å²) in [5.74, 6) is 0.408. The molecule has 3 N–H and O–H groups in total. The summed E-state index contributed by atoms with van der Waals surface area (Å²) in [6.45, 7) is 5.65. The number of nitrogens with two attached hydrogens (primary N) is 1. The quantitative estimate of drug-likeness (QED) is 0.351. The highest BCUT2D eigenvalue weighted by Crippen LogP contribution is 2.11. The maximum atomic E-state index is 8.68. The van der Waals surface area contributed by atoms with Crippen molar-refractivity contribution in [2.45, 2.75) is 20.8 Å². The first-order chi connectivity index (χ1) is 8.52. The summed E-state index contributed by atoms with van der Waals surface area (Å²) >= 11 is 0. The molecule has 0 spiro atoms. The van der Waals surface area contributed by atoms with E-state index in [1.165, 1.54) is 0 Å². The molecule has 0 saturated heterocycles. The zero-order chi connectivity index (χ0) is 13.3. The van der Waals surface area contributed by atoms with E-state index in [1.807, 2.05) is 20.8 Å². The van der Waals surface area contributed by atoms with E-state index in [0.717, 1.165) is 17.1 Å². The molecule has 7 heteroatoms. The molecule has 0 aliphatic carbocycles. The van der Waals surface area contributed by atoms with E-state index in [4.69, 9.17) is 10.9 Å². The molecule has 0 unspecified atom stereocenters. The summed E-state index contributed by atoms with van der Waals surface area (Å²) in [7, 11) is 0. The lowest BCUT2D eigenvalue weighted by atomic mass is 10.3. The van der Waals surface area contributed by atoms with Gasteiger partial charge in [0.25, 0.3) is 0 Å². The zero-order valence-electron chi connectivity index (χ0n) is 10.4. The van der Waals surface area contributed by atoms with Gasteiger partial charge in [0.1, 0.15) is 12.0 Å².